The zero-order chi connectivity index (χ0) is 19.6. The third-order valence-corrected chi connectivity index (χ3v) is 6.24. The molecule has 0 N–H and O–H groups in total. The summed E-state index contributed by atoms with van der Waals surface area (Å²) in [5.41, 5.74) is -0.577. The molecule has 0 bridgehead atoms. The molecule has 0 unspecified atom stereocenters. The van der Waals surface area contributed by atoms with Gasteiger partial charge in [0, 0.05) is 23.6 Å². The van der Waals surface area contributed by atoms with Crippen LogP contribution < -0.4 is 4.74 Å². The van der Waals surface area contributed by atoms with Crippen molar-refractivity contribution in [2.75, 3.05) is 26.3 Å². The standard InChI is InChI=1S/C16H14BrFN2O6S/c17-11-1-3-15(13(18)9-11)26-16-4-2-12(10-14(16)20(21)22)27(23,24)19-5-7-25-8-6-19/h1-4,9-10H,5-8H2. The van der Waals surface area contributed by atoms with Crippen LogP contribution in [0.1, 0.15) is 0 Å². The van der Waals surface area contributed by atoms with Gasteiger partial charge in [0.1, 0.15) is 0 Å². The van der Waals surface area contributed by atoms with Crippen molar-refractivity contribution in [1.29, 1.82) is 0 Å². The van der Waals surface area contributed by atoms with Crippen molar-refractivity contribution in [2.45, 2.75) is 4.90 Å². The molecule has 144 valence electrons. The van der Waals surface area contributed by atoms with E-state index in [9.17, 15) is 22.9 Å². The van der Waals surface area contributed by atoms with Gasteiger partial charge in [-0.05, 0) is 30.3 Å². The van der Waals surface area contributed by atoms with Crippen molar-refractivity contribution in [3.8, 4) is 11.5 Å². The van der Waals surface area contributed by atoms with E-state index in [2.05, 4.69) is 15.9 Å². The van der Waals surface area contributed by atoms with Crippen molar-refractivity contribution < 1.29 is 27.2 Å². The van der Waals surface area contributed by atoms with Gasteiger partial charge in [0.15, 0.2) is 11.6 Å². The number of hydrogen-bond acceptors (Lipinski definition) is 6. The van der Waals surface area contributed by atoms with Gasteiger partial charge in [0.05, 0.1) is 23.0 Å². The van der Waals surface area contributed by atoms with E-state index in [1.807, 2.05) is 0 Å². The molecule has 1 fully saturated rings. The third kappa shape index (κ3) is 4.26. The molecule has 0 spiro atoms. The Bertz CT molecular complexity index is 979. The van der Waals surface area contributed by atoms with Crippen molar-refractivity contribution >= 4 is 31.6 Å². The number of nitro groups is 1. The van der Waals surface area contributed by atoms with Crippen molar-refractivity contribution in [3.63, 3.8) is 0 Å². The second-order valence-corrected chi connectivity index (χ2v) is 8.43. The molecule has 27 heavy (non-hydrogen) atoms. The number of nitro benzene ring substituents is 1. The summed E-state index contributed by atoms with van der Waals surface area (Å²) in [6.45, 7) is 0.841. The normalized spacial score (nSPS) is 15.5. The van der Waals surface area contributed by atoms with Crippen LogP contribution in [-0.2, 0) is 14.8 Å². The van der Waals surface area contributed by atoms with Gasteiger partial charge >= 0.3 is 5.69 Å². The molecule has 11 heteroatoms. The molecule has 3 rings (SSSR count). The van der Waals surface area contributed by atoms with Crippen LogP contribution in [0.3, 0.4) is 0 Å². The number of halogens is 2. The summed E-state index contributed by atoms with van der Waals surface area (Å²) in [6.07, 6.45) is 0. The Kier molecular flexibility index (Phi) is 5.75. The molecule has 1 saturated heterocycles. The number of benzene rings is 2. The Morgan fingerprint density at radius 1 is 1.15 bits per heavy atom. The predicted molar refractivity (Wildman–Crippen MR) is 96.8 cm³/mol. The fraction of sp³-hybridized carbons (Fsp3) is 0.250. The van der Waals surface area contributed by atoms with E-state index in [1.54, 1.807) is 0 Å². The van der Waals surface area contributed by atoms with Gasteiger partial charge in [-0.3, -0.25) is 10.1 Å². The van der Waals surface area contributed by atoms with Gasteiger partial charge in [-0.1, -0.05) is 15.9 Å². The molecule has 0 saturated carbocycles. The van der Waals surface area contributed by atoms with Gasteiger partial charge in [-0.15, -0.1) is 0 Å². The lowest BCUT2D eigenvalue weighted by molar-refractivity contribution is -0.385. The fourth-order valence-corrected chi connectivity index (χ4v) is 4.26. The molecule has 0 amide bonds. The van der Waals surface area contributed by atoms with Crippen LogP contribution in [0.15, 0.2) is 45.8 Å². The lowest BCUT2D eigenvalue weighted by Crippen LogP contribution is -2.40. The first-order chi connectivity index (χ1) is 12.8. The Morgan fingerprint density at radius 2 is 1.81 bits per heavy atom. The van der Waals surface area contributed by atoms with Crippen molar-refractivity contribution in [2.24, 2.45) is 0 Å². The van der Waals surface area contributed by atoms with E-state index in [-0.39, 0.29) is 42.7 Å². The highest BCUT2D eigenvalue weighted by Gasteiger charge is 2.29. The number of ether oxygens (including phenoxy) is 2. The Balaban J connectivity index is 1.96. The Hall–Kier alpha value is -2.08. The summed E-state index contributed by atoms with van der Waals surface area (Å²) in [5, 5.41) is 11.4. The molecule has 1 aliphatic rings. The molecule has 1 heterocycles. The molecule has 2 aromatic rings. The maximum Gasteiger partial charge on any atom is 0.312 e. The highest BCUT2D eigenvalue weighted by Crippen LogP contribution is 2.35. The van der Waals surface area contributed by atoms with Gasteiger partial charge < -0.3 is 9.47 Å². The minimum absolute atomic E-state index is 0.165. The topological polar surface area (TPSA) is 99.0 Å². The van der Waals surface area contributed by atoms with E-state index >= 15 is 0 Å². The maximum atomic E-state index is 13.9. The number of rotatable bonds is 5. The summed E-state index contributed by atoms with van der Waals surface area (Å²) < 4.78 is 51.4. The van der Waals surface area contributed by atoms with Crippen LogP contribution in [0, 0.1) is 15.9 Å². The van der Waals surface area contributed by atoms with E-state index < -0.39 is 26.5 Å². The minimum atomic E-state index is -3.91. The molecule has 0 aromatic heterocycles. The van der Waals surface area contributed by atoms with Crippen LogP contribution in [-0.4, -0.2) is 43.9 Å². The molecular formula is C16H14BrFN2O6S. The molecule has 0 aliphatic carbocycles. The van der Waals surface area contributed by atoms with Crippen LogP contribution in [0.5, 0.6) is 11.5 Å². The summed E-state index contributed by atoms with van der Waals surface area (Å²) in [7, 11) is -3.91. The van der Waals surface area contributed by atoms with Crippen molar-refractivity contribution in [3.05, 3.63) is 56.8 Å². The molecule has 0 atom stereocenters. The first-order valence-electron chi connectivity index (χ1n) is 7.78. The molecular weight excluding hydrogens is 447 g/mol. The van der Waals surface area contributed by atoms with Gasteiger partial charge in [0.2, 0.25) is 15.8 Å². The number of hydrogen-bond donors (Lipinski definition) is 0. The van der Waals surface area contributed by atoms with Crippen molar-refractivity contribution in [1.82, 2.24) is 4.31 Å². The van der Waals surface area contributed by atoms with Crippen LogP contribution in [0.25, 0.3) is 0 Å². The molecule has 2 aromatic carbocycles. The predicted octanol–water partition coefficient (Wildman–Crippen LogP) is 3.31. The molecule has 1 aliphatic heterocycles. The highest BCUT2D eigenvalue weighted by molar-refractivity contribution is 9.10. The smallest absolute Gasteiger partial charge is 0.312 e. The summed E-state index contributed by atoms with van der Waals surface area (Å²) in [6, 6.07) is 7.23. The average Bonchev–Trinajstić information content (AvgIpc) is 2.64. The van der Waals surface area contributed by atoms with E-state index in [4.69, 9.17) is 9.47 Å². The first kappa shape index (κ1) is 19.7. The maximum absolute atomic E-state index is 13.9. The van der Waals surface area contributed by atoms with E-state index in [0.717, 1.165) is 18.2 Å². The first-order valence-corrected chi connectivity index (χ1v) is 10.0. The largest absolute Gasteiger partial charge is 0.447 e. The number of morpholine rings is 1. The lowest BCUT2D eigenvalue weighted by Gasteiger charge is -2.26. The van der Waals surface area contributed by atoms with Crippen LogP contribution in [0.4, 0.5) is 10.1 Å². The Morgan fingerprint density at radius 3 is 2.44 bits per heavy atom. The SMILES string of the molecule is O=[N+]([O-])c1cc(S(=O)(=O)N2CCOCC2)ccc1Oc1ccc(Br)cc1F. The zero-order valence-corrected chi connectivity index (χ0v) is 16.2. The quantitative estimate of drug-likeness (QED) is 0.501. The van der Waals surface area contributed by atoms with Crippen LogP contribution >= 0.6 is 15.9 Å². The second-order valence-electron chi connectivity index (χ2n) is 5.58. The van der Waals surface area contributed by atoms with E-state index in [1.165, 1.54) is 22.5 Å². The fourth-order valence-electron chi connectivity index (χ4n) is 2.50. The Labute approximate surface area is 162 Å². The zero-order valence-electron chi connectivity index (χ0n) is 13.8. The summed E-state index contributed by atoms with van der Waals surface area (Å²) in [5.74, 6) is -1.20. The molecule has 8 nitrogen and oxygen atoms in total. The van der Waals surface area contributed by atoms with Gasteiger partial charge in [0.25, 0.3) is 0 Å². The van der Waals surface area contributed by atoms with Gasteiger partial charge in [-0.25, -0.2) is 12.8 Å². The average molecular weight is 461 g/mol. The van der Waals surface area contributed by atoms with Gasteiger partial charge in [-0.2, -0.15) is 4.31 Å². The monoisotopic (exact) mass is 460 g/mol. The minimum Gasteiger partial charge on any atom is -0.447 e. The second kappa shape index (κ2) is 7.89. The summed E-state index contributed by atoms with van der Waals surface area (Å²) >= 11 is 3.10. The lowest BCUT2D eigenvalue weighted by atomic mass is 10.3. The highest BCUT2D eigenvalue weighted by atomic mass is 79.9. The number of nitrogens with zero attached hydrogens (tertiary/aromatic N) is 2. The third-order valence-electron chi connectivity index (χ3n) is 3.85. The van der Waals surface area contributed by atoms with E-state index in [0.29, 0.717) is 4.47 Å². The summed E-state index contributed by atoms with van der Waals surface area (Å²) in [4.78, 5) is 10.4. The number of sulfonamides is 1. The van der Waals surface area contributed by atoms with Crippen LogP contribution in [0.2, 0.25) is 0 Å². The molecule has 0 radical (unpaired) electrons.